The zero-order chi connectivity index (χ0) is 13.8. The van der Waals surface area contributed by atoms with Gasteiger partial charge in [0.15, 0.2) is 0 Å². The molecule has 1 aromatic carbocycles. The van der Waals surface area contributed by atoms with Gasteiger partial charge in [-0.15, -0.1) is 0 Å². The van der Waals surface area contributed by atoms with Crippen LogP contribution in [0.2, 0.25) is 0 Å². The van der Waals surface area contributed by atoms with Crippen LogP contribution in [0.3, 0.4) is 0 Å². The minimum absolute atomic E-state index is 0.0524. The number of methoxy groups -OCH3 is 1. The second-order valence-electron chi connectivity index (χ2n) is 3.97. The minimum Gasteiger partial charge on any atom is -0.496 e. The molecule has 1 aromatic rings. The van der Waals surface area contributed by atoms with Crippen molar-refractivity contribution in [3.8, 4) is 5.75 Å². The van der Waals surface area contributed by atoms with Crippen molar-refractivity contribution in [1.82, 2.24) is 0 Å². The van der Waals surface area contributed by atoms with Crippen LogP contribution in [-0.2, 0) is 0 Å². The molecule has 6 heteroatoms. The lowest BCUT2D eigenvalue weighted by atomic mass is 10.00. The first-order valence-corrected chi connectivity index (χ1v) is 5.50. The summed E-state index contributed by atoms with van der Waals surface area (Å²) in [5.41, 5.74) is 5.84. The summed E-state index contributed by atoms with van der Waals surface area (Å²) in [5, 5.41) is 0. The number of alkyl halides is 3. The van der Waals surface area contributed by atoms with Crippen molar-refractivity contribution >= 4 is 0 Å². The molecule has 0 bridgehead atoms. The molecule has 0 fully saturated rings. The van der Waals surface area contributed by atoms with Crippen molar-refractivity contribution in [2.75, 3.05) is 7.11 Å². The molecule has 102 valence electrons. The molecule has 1 unspecified atom stereocenters. The lowest BCUT2D eigenvalue weighted by Crippen LogP contribution is -2.15. The number of rotatable bonds is 5. The maximum Gasteiger partial charge on any atom is 0.389 e. The van der Waals surface area contributed by atoms with E-state index in [0.29, 0.717) is 0 Å². The lowest BCUT2D eigenvalue weighted by Gasteiger charge is -2.16. The fraction of sp³-hybridized carbons (Fsp3) is 0.500. The molecule has 0 aromatic heterocycles. The van der Waals surface area contributed by atoms with E-state index in [4.69, 9.17) is 10.5 Å². The highest BCUT2D eigenvalue weighted by Gasteiger charge is 2.27. The normalized spacial score (nSPS) is 13.4. The van der Waals surface area contributed by atoms with Gasteiger partial charge in [-0.25, -0.2) is 4.39 Å². The Morgan fingerprint density at radius 2 is 2.00 bits per heavy atom. The highest BCUT2D eigenvalue weighted by Crippen LogP contribution is 2.31. The number of benzene rings is 1. The topological polar surface area (TPSA) is 35.2 Å². The lowest BCUT2D eigenvalue weighted by molar-refractivity contribution is -0.135. The van der Waals surface area contributed by atoms with E-state index in [0.717, 1.165) is 0 Å². The zero-order valence-corrected chi connectivity index (χ0v) is 9.93. The molecular formula is C12H15F4NO. The van der Waals surface area contributed by atoms with E-state index in [2.05, 4.69) is 0 Å². The summed E-state index contributed by atoms with van der Waals surface area (Å²) in [7, 11) is 1.36. The van der Waals surface area contributed by atoms with E-state index < -0.39 is 24.5 Å². The first-order valence-electron chi connectivity index (χ1n) is 5.50. The van der Waals surface area contributed by atoms with E-state index in [-0.39, 0.29) is 24.2 Å². The van der Waals surface area contributed by atoms with E-state index in [9.17, 15) is 17.6 Å². The van der Waals surface area contributed by atoms with Gasteiger partial charge in [0.1, 0.15) is 11.6 Å². The third kappa shape index (κ3) is 4.18. The predicted octanol–water partition coefficient (Wildman–Crippen LogP) is 3.57. The van der Waals surface area contributed by atoms with E-state index >= 15 is 0 Å². The Kier molecular flexibility index (Phi) is 4.95. The Balaban J connectivity index is 2.69. The maximum atomic E-state index is 13.6. The molecule has 0 spiro atoms. The van der Waals surface area contributed by atoms with Gasteiger partial charge in [0.05, 0.1) is 7.11 Å². The summed E-state index contributed by atoms with van der Waals surface area (Å²) in [4.78, 5) is 0. The quantitative estimate of drug-likeness (QED) is 0.826. The van der Waals surface area contributed by atoms with Gasteiger partial charge < -0.3 is 10.5 Å². The van der Waals surface area contributed by atoms with Crippen LogP contribution in [0.25, 0.3) is 0 Å². The molecule has 0 heterocycles. The van der Waals surface area contributed by atoms with Crippen LogP contribution < -0.4 is 10.5 Å². The summed E-state index contributed by atoms with van der Waals surface area (Å²) in [5.74, 6) is -0.302. The fourth-order valence-electron chi connectivity index (χ4n) is 1.72. The van der Waals surface area contributed by atoms with E-state index in [1.807, 2.05) is 0 Å². The van der Waals surface area contributed by atoms with Crippen molar-refractivity contribution in [3.05, 3.63) is 29.6 Å². The summed E-state index contributed by atoms with van der Waals surface area (Å²) in [6.45, 7) is 0. The number of nitrogens with two attached hydrogens (primary N) is 1. The SMILES string of the molecule is COc1cccc(F)c1C(N)CCCC(F)(F)F. The molecule has 0 saturated carbocycles. The van der Waals surface area contributed by atoms with Crippen LogP contribution in [0.1, 0.15) is 30.9 Å². The summed E-state index contributed by atoms with van der Waals surface area (Å²) < 4.78 is 54.5. The Labute approximate surface area is 103 Å². The summed E-state index contributed by atoms with van der Waals surface area (Å²) >= 11 is 0. The average Bonchev–Trinajstić information content (AvgIpc) is 2.26. The van der Waals surface area contributed by atoms with Crippen LogP contribution >= 0.6 is 0 Å². The Morgan fingerprint density at radius 3 is 2.56 bits per heavy atom. The van der Waals surface area contributed by atoms with E-state index in [1.54, 1.807) is 0 Å². The van der Waals surface area contributed by atoms with Crippen molar-refractivity contribution < 1.29 is 22.3 Å². The first kappa shape index (κ1) is 14.8. The molecule has 2 nitrogen and oxygen atoms in total. The van der Waals surface area contributed by atoms with Gasteiger partial charge >= 0.3 is 6.18 Å². The second-order valence-corrected chi connectivity index (χ2v) is 3.97. The van der Waals surface area contributed by atoms with Gasteiger partial charge in [-0.1, -0.05) is 6.07 Å². The first-order chi connectivity index (χ1) is 8.35. The molecule has 1 rings (SSSR count). The van der Waals surface area contributed by atoms with Crippen LogP contribution in [-0.4, -0.2) is 13.3 Å². The zero-order valence-electron chi connectivity index (χ0n) is 9.93. The number of ether oxygens (including phenoxy) is 1. The second kappa shape index (κ2) is 6.04. The average molecular weight is 265 g/mol. The van der Waals surface area contributed by atoms with Crippen molar-refractivity contribution in [1.29, 1.82) is 0 Å². The Morgan fingerprint density at radius 1 is 1.33 bits per heavy atom. The molecule has 0 aliphatic rings. The standard InChI is InChI=1S/C12H15F4NO/c1-18-10-6-2-4-8(13)11(10)9(17)5-3-7-12(14,15)16/h2,4,6,9H,3,5,7,17H2,1H3. The molecule has 1 atom stereocenters. The van der Waals surface area contributed by atoms with Crippen LogP contribution in [0.15, 0.2) is 18.2 Å². The van der Waals surface area contributed by atoms with Gasteiger partial charge in [0, 0.05) is 18.0 Å². The molecule has 0 amide bonds. The molecular weight excluding hydrogens is 250 g/mol. The third-order valence-corrected chi connectivity index (χ3v) is 2.58. The maximum absolute atomic E-state index is 13.6. The van der Waals surface area contributed by atoms with Gasteiger partial charge in [-0.3, -0.25) is 0 Å². The van der Waals surface area contributed by atoms with Gasteiger partial charge in [0.25, 0.3) is 0 Å². The monoisotopic (exact) mass is 265 g/mol. The van der Waals surface area contributed by atoms with Crippen molar-refractivity contribution in [2.45, 2.75) is 31.5 Å². The smallest absolute Gasteiger partial charge is 0.389 e. The van der Waals surface area contributed by atoms with Gasteiger partial charge in [0.2, 0.25) is 0 Å². The van der Waals surface area contributed by atoms with Crippen LogP contribution in [0.4, 0.5) is 17.6 Å². The molecule has 0 aliphatic heterocycles. The molecule has 0 saturated heterocycles. The minimum atomic E-state index is -4.21. The van der Waals surface area contributed by atoms with E-state index in [1.165, 1.54) is 25.3 Å². The Bertz CT molecular complexity index is 392. The highest BCUT2D eigenvalue weighted by atomic mass is 19.4. The highest BCUT2D eigenvalue weighted by molar-refractivity contribution is 5.36. The summed E-state index contributed by atoms with van der Waals surface area (Å²) in [6.07, 6.45) is -5.21. The molecule has 0 aliphatic carbocycles. The third-order valence-electron chi connectivity index (χ3n) is 2.58. The van der Waals surface area contributed by atoms with Crippen LogP contribution in [0.5, 0.6) is 5.75 Å². The number of hydrogen-bond acceptors (Lipinski definition) is 2. The van der Waals surface area contributed by atoms with Crippen LogP contribution in [0, 0.1) is 5.82 Å². The predicted molar refractivity (Wildman–Crippen MR) is 59.8 cm³/mol. The molecule has 18 heavy (non-hydrogen) atoms. The summed E-state index contributed by atoms with van der Waals surface area (Å²) in [6, 6.07) is 3.40. The largest absolute Gasteiger partial charge is 0.496 e. The Hall–Kier alpha value is -1.30. The van der Waals surface area contributed by atoms with Gasteiger partial charge in [-0.05, 0) is 25.0 Å². The number of hydrogen-bond donors (Lipinski definition) is 1. The van der Waals surface area contributed by atoms with Crippen molar-refractivity contribution in [2.24, 2.45) is 5.73 Å². The fourth-order valence-corrected chi connectivity index (χ4v) is 1.72. The molecule has 0 radical (unpaired) electrons. The van der Waals surface area contributed by atoms with Gasteiger partial charge in [-0.2, -0.15) is 13.2 Å². The molecule has 2 N–H and O–H groups in total. The number of halogens is 4. The van der Waals surface area contributed by atoms with Crippen molar-refractivity contribution in [3.63, 3.8) is 0 Å².